The summed E-state index contributed by atoms with van der Waals surface area (Å²) in [7, 11) is 0. The van der Waals surface area contributed by atoms with Gasteiger partial charge in [-0.15, -0.1) is 0 Å². The van der Waals surface area contributed by atoms with Crippen LogP contribution in [0, 0.1) is 10.1 Å². The molecular formula is C10H12N3O3S-. The van der Waals surface area contributed by atoms with Crippen molar-refractivity contribution >= 4 is 28.7 Å². The molecule has 0 saturated carbocycles. The maximum absolute atomic E-state index is 11.4. The van der Waals surface area contributed by atoms with Crippen molar-refractivity contribution in [2.24, 2.45) is 0 Å². The lowest BCUT2D eigenvalue weighted by atomic mass is 10.2. The zero-order chi connectivity index (χ0) is 12.8. The summed E-state index contributed by atoms with van der Waals surface area (Å²) in [6.45, 7) is 2.65. The molecule has 0 amide bonds. The number of rotatable bonds is 4. The van der Waals surface area contributed by atoms with Crippen molar-refractivity contribution in [2.75, 3.05) is 11.9 Å². The van der Waals surface area contributed by atoms with E-state index in [-0.39, 0.29) is 22.2 Å². The Morgan fingerprint density at radius 3 is 2.82 bits per heavy atom. The molecular weight excluding hydrogens is 242 g/mol. The standard InChI is InChI=1S/C10H13N3O3S/c1-2-5-11-10(17)12-8-6-7(13(15)16)3-4-9(8)14/h3-4,6,14H,2,5H2,1H3,(H2,11,12,17)/p-1. The second kappa shape index (κ2) is 6.00. The van der Waals surface area contributed by atoms with Gasteiger partial charge in [-0.05, 0) is 18.6 Å². The Morgan fingerprint density at radius 2 is 2.24 bits per heavy atom. The van der Waals surface area contributed by atoms with Crippen LogP contribution in [0.1, 0.15) is 13.3 Å². The summed E-state index contributed by atoms with van der Waals surface area (Å²) in [6, 6.07) is 3.47. The molecule has 92 valence electrons. The molecule has 1 aromatic carbocycles. The quantitative estimate of drug-likeness (QED) is 0.479. The topological polar surface area (TPSA) is 90.3 Å². The number of nitro groups is 1. The molecule has 0 bridgehead atoms. The molecule has 0 unspecified atom stereocenters. The molecule has 17 heavy (non-hydrogen) atoms. The zero-order valence-electron chi connectivity index (χ0n) is 9.23. The zero-order valence-corrected chi connectivity index (χ0v) is 10.0. The van der Waals surface area contributed by atoms with Crippen LogP contribution in [0.4, 0.5) is 11.4 Å². The van der Waals surface area contributed by atoms with E-state index < -0.39 is 4.92 Å². The third-order valence-corrected chi connectivity index (χ3v) is 2.20. The fraction of sp³-hybridized carbons (Fsp3) is 0.300. The van der Waals surface area contributed by atoms with Crippen molar-refractivity contribution in [2.45, 2.75) is 13.3 Å². The number of nitrogens with one attached hydrogen (secondary N) is 2. The Bertz CT molecular complexity index is 437. The Kier molecular flexibility index (Phi) is 4.65. The monoisotopic (exact) mass is 254 g/mol. The molecule has 0 fully saturated rings. The van der Waals surface area contributed by atoms with Gasteiger partial charge in [-0.3, -0.25) is 10.1 Å². The summed E-state index contributed by atoms with van der Waals surface area (Å²) in [5.41, 5.74) is -0.0433. The highest BCUT2D eigenvalue weighted by Gasteiger charge is 2.07. The molecule has 7 heteroatoms. The van der Waals surface area contributed by atoms with Crippen LogP contribution in [0.3, 0.4) is 0 Å². The van der Waals surface area contributed by atoms with Gasteiger partial charge in [0, 0.05) is 24.4 Å². The minimum absolute atomic E-state index is 0.104. The van der Waals surface area contributed by atoms with Crippen LogP contribution in [0.5, 0.6) is 5.75 Å². The molecule has 6 nitrogen and oxygen atoms in total. The van der Waals surface area contributed by atoms with Gasteiger partial charge in [-0.2, -0.15) is 0 Å². The minimum Gasteiger partial charge on any atom is -0.871 e. The summed E-state index contributed by atoms with van der Waals surface area (Å²) in [5, 5.41) is 27.8. The molecule has 0 spiro atoms. The highest BCUT2D eigenvalue weighted by atomic mass is 32.1. The fourth-order valence-corrected chi connectivity index (χ4v) is 1.35. The minimum atomic E-state index is -0.562. The van der Waals surface area contributed by atoms with Crippen LogP contribution in [0.2, 0.25) is 0 Å². The highest BCUT2D eigenvalue weighted by molar-refractivity contribution is 7.80. The lowest BCUT2D eigenvalue weighted by Crippen LogP contribution is -2.29. The Balaban J connectivity index is 2.79. The maximum atomic E-state index is 11.4. The van der Waals surface area contributed by atoms with Gasteiger partial charge in [0.15, 0.2) is 5.11 Å². The van der Waals surface area contributed by atoms with Crippen molar-refractivity contribution in [3.05, 3.63) is 28.3 Å². The van der Waals surface area contributed by atoms with Crippen molar-refractivity contribution < 1.29 is 10.0 Å². The number of hydrogen-bond acceptors (Lipinski definition) is 4. The van der Waals surface area contributed by atoms with Crippen LogP contribution in [0.25, 0.3) is 0 Å². The van der Waals surface area contributed by atoms with E-state index in [1.54, 1.807) is 0 Å². The van der Waals surface area contributed by atoms with E-state index in [0.29, 0.717) is 6.54 Å². The average molecular weight is 254 g/mol. The van der Waals surface area contributed by atoms with Crippen LogP contribution in [-0.2, 0) is 0 Å². The lowest BCUT2D eigenvalue weighted by Gasteiger charge is -2.16. The van der Waals surface area contributed by atoms with Gasteiger partial charge in [-0.1, -0.05) is 18.7 Å². The Labute approximate surface area is 104 Å². The normalized spacial score (nSPS) is 9.71. The first-order chi connectivity index (χ1) is 8.04. The van der Waals surface area contributed by atoms with Gasteiger partial charge in [0.25, 0.3) is 5.69 Å². The highest BCUT2D eigenvalue weighted by Crippen LogP contribution is 2.25. The van der Waals surface area contributed by atoms with Gasteiger partial charge in [-0.25, -0.2) is 0 Å². The maximum Gasteiger partial charge on any atom is 0.271 e. The molecule has 0 atom stereocenters. The molecule has 1 aromatic rings. The van der Waals surface area contributed by atoms with Crippen molar-refractivity contribution in [1.82, 2.24) is 5.32 Å². The van der Waals surface area contributed by atoms with E-state index in [0.717, 1.165) is 18.6 Å². The molecule has 0 aliphatic carbocycles. The van der Waals surface area contributed by atoms with Gasteiger partial charge in [0.05, 0.1) is 4.92 Å². The van der Waals surface area contributed by atoms with Crippen molar-refractivity contribution in [3.8, 4) is 5.75 Å². The van der Waals surface area contributed by atoms with E-state index in [1.165, 1.54) is 6.07 Å². The Hall–Kier alpha value is -1.89. The number of non-ortho nitro benzene ring substituents is 1. The lowest BCUT2D eigenvalue weighted by molar-refractivity contribution is -0.385. The molecule has 2 N–H and O–H groups in total. The van der Waals surface area contributed by atoms with Crippen LogP contribution < -0.4 is 15.7 Å². The van der Waals surface area contributed by atoms with Gasteiger partial charge in [0.2, 0.25) is 0 Å². The average Bonchev–Trinajstić information content (AvgIpc) is 2.29. The second-order valence-electron chi connectivity index (χ2n) is 3.32. The van der Waals surface area contributed by atoms with Crippen LogP contribution in [0.15, 0.2) is 18.2 Å². The predicted molar refractivity (Wildman–Crippen MR) is 67.1 cm³/mol. The third-order valence-electron chi connectivity index (χ3n) is 1.96. The summed E-state index contributed by atoms with van der Waals surface area (Å²) in [6.07, 6.45) is 0.890. The number of hydrogen-bond donors (Lipinski definition) is 2. The molecule has 1 rings (SSSR count). The van der Waals surface area contributed by atoms with E-state index in [1.807, 2.05) is 6.92 Å². The van der Waals surface area contributed by atoms with Crippen LogP contribution >= 0.6 is 12.2 Å². The molecule has 0 aromatic heterocycles. The SMILES string of the molecule is CCCNC(=S)Nc1cc([N+](=O)[O-])ccc1[O-]. The summed E-state index contributed by atoms with van der Waals surface area (Å²) < 4.78 is 0. The first kappa shape index (κ1) is 13.2. The largest absolute Gasteiger partial charge is 0.871 e. The third kappa shape index (κ3) is 3.87. The second-order valence-corrected chi connectivity index (χ2v) is 3.73. The molecule has 0 aliphatic rings. The van der Waals surface area contributed by atoms with Crippen LogP contribution in [-0.4, -0.2) is 16.6 Å². The van der Waals surface area contributed by atoms with Gasteiger partial charge >= 0.3 is 0 Å². The number of benzene rings is 1. The van der Waals surface area contributed by atoms with E-state index in [9.17, 15) is 15.2 Å². The smallest absolute Gasteiger partial charge is 0.271 e. The van der Waals surface area contributed by atoms with Gasteiger partial charge < -0.3 is 15.7 Å². The van der Waals surface area contributed by atoms with Crippen molar-refractivity contribution in [1.29, 1.82) is 0 Å². The molecule has 0 aliphatic heterocycles. The number of nitro benzene ring substituents is 1. The van der Waals surface area contributed by atoms with E-state index >= 15 is 0 Å². The molecule has 0 saturated heterocycles. The predicted octanol–water partition coefficient (Wildman–Crippen LogP) is 1.36. The number of nitrogens with zero attached hydrogens (tertiary/aromatic N) is 1. The molecule has 0 heterocycles. The summed E-state index contributed by atoms with van der Waals surface area (Å²) in [5.74, 6) is -0.337. The number of thiocarbonyl (C=S) groups is 1. The number of anilines is 1. The Morgan fingerprint density at radius 1 is 1.53 bits per heavy atom. The first-order valence-corrected chi connectivity index (χ1v) is 5.45. The summed E-state index contributed by atoms with van der Waals surface area (Å²) in [4.78, 5) is 9.99. The van der Waals surface area contributed by atoms with E-state index in [2.05, 4.69) is 10.6 Å². The van der Waals surface area contributed by atoms with Crippen molar-refractivity contribution in [3.63, 3.8) is 0 Å². The first-order valence-electron chi connectivity index (χ1n) is 5.05. The van der Waals surface area contributed by atoms with Gasteiger partial charge in [0.1, 0.15) is 0 Å². The fourth-order valence-electron chi connectivity index (χ4n) is 1.13. The van der Waals surface area contributed by atoms with E-state index in [4.69, 9.17) is 12.2 Å². The summed E-state index contributed by atoms with van der Waals surface area (Å²) >= 11 is 4.94. The molecule has 0 radical (unpaired) electrons.